The number of carbonyl (C=O) groups is 1. The van der Waals surface area contributed by atoms with Crippen molar-refractivity contribution >= 4 is 23.1 Å². The van der Waals surface area contributed by atoms with E-state index in [4.69, 9.17) is 17.1 Å². The number of carbonyl (C=O) groups excluding carboxylic acids is 1. The molecule has 88 valence electrons. The molecule has 2 rings (SSSR count). The van der Waals surface area contributed by atoms with E-state index >= 15 is 0 Å². The largest absolute Gasteiger partial charge is 0.369 e. The molecule has 0 spiro atoms. The van der Waals surface area contributed by atoms with E-state index in [1.807, 2.05) is 6.07 Å². The molecule has 0 bridgehead atoms. The Bertz CT molecular complexity index is 614. The molecular weight excluding hydrogens is 248 g/mol. The average molecular weight is 257 g/mol. The van der Waals surface area contributed by atoms with Crippen LogP contribution in [-0.2, 0) is 0 Å². The van der Waals surface area contributed by atoms with Gasteiger partial charge in [-0.3, -0.25) is 4.79 Å². The fraction of sp³-hybridized carbons (Fsp3) is 0. The second-order valence-corrected chi connectivity index (χ2v) is 4.09. The Hall–Kier alpha value is -2.22. The van der Waals surface area contributed by atoms with Crippen molar-refractivity contribution in [1.29, 1.82) is 0 Å². The predicted molar refractivity (Wildman–Crippen MR) is 70.0 cm³/mol. The Balaban J connectivity index is 2.39. The van der Waals surface area contributed by atoms with Crippen molar-refractivity contribution in [3.8, 4) is 0 Å². The summed E-state index contributed by atoms with van der Waals surface area (Å²) in [5.41, 5.74) is 10.0. The zero-order valence-electron chi connectivity index (χ0n) is 9.38. The summed E-state index contributed by atoms with van der Waals surface area (Å²) < 4.78 is 0. The molecule has 0 aromatic heterocycles. The molecule has 4 heteroatoms. The molecule has 18 heavy (non-hydrogen) atoms. The van der Waals surface area contributed by atoms with E-state index in [2.05, 4.69) is 4.79 Å². The number of hydrogen-bond donors (Lipinski definition) is 0. The third-order valence-electron chi connectivity index (χ3n) is 2.47. The van der Waals surface area contributed by atoms with Gasteiger partial charge in [0, 0.05) is 10.6 Å². The molecule has 0 amide bonds. The average Bonchev–Trinajstić information content (AvgIpc) is 2.41. The molecule has 0 aliphatic rings. The highest BCUT2D eigenvalue weighted by atomic mass is 35.5. The zero-order valence-corrected chi connectivity index (χ0v) is 10.1. The minimum absolute atomic E-state index is 0.0120. The third kappa shape index (κ3) is 2.54. The summed E-state index contributed by atoms with van der Waals surface area (Å²) in [6, 6.07) is 15.2. The summed E-state index contributed by atoms with van der Waals surface area (Å²) in [7, 11) is 0. The van der Waals surface area contributed by atoms with Crippen molar-refractivity contribution < 1.29 is 9.58 Å². The highest BCUT2D eigenvalue weighted by Crippen LogP contribution is 2.12. The first kappa shape index (κ1) is 12.2. The number of hydrogen-bond acceptors (Lipinski definition) is 1. The number of Topliss-reactive ketones (excluding diaryl/α,β-unsaturated/α-hetero) is 1. The van der Waals surface area contributed by atoms with E-state index < -0.39 is 0 Å². The fourth-order valence-corrected chi connectivity index (χ4v) is 1.69. The Morgan fingerprint density at radius 3 is 2.11 bits per heavy atom. The third-order valence-corrected chi connectivity index (χ3v) is 2.72. The highest BCUT2D eigenvalue weighted by molar-refractivity contribution is 6.49. The normalized spacial score (nSPS) is 9.61. The maximum Gasteiger partial charge on any atom is 0.369 e. The number of ketones is 1. The molecule has 0 radical (unpaired) electrons. The van der Waals surface area contributed by atoms with Gasteiger partial charge < -0.3 is 5.53 Å². The summed E-state index contributed by atoms with van der Waals surface area (Å²) in [5, 5.41) is 0.550. The fourth-order valence-electron chi connectivity index (χ4n) is 1.57. The highest BCUT2D eigenvalue weighted by Gasteiger charge is 2.23. The van der Waals surface area contributed by atoms with E-state index in [0.717, 1.165) is 0 Å². The Morgan fingerprint density at radius 2 is 1.56 bits per heavy atom. The summed E-state index contributed by atoms with van der Waals surface area (Å²) in [5.74, 6) is -0.347. The van der Waals surface area contributed by atoms with Gasteiger partial charge >= 0.3 is 5.71 Å². The molecule has 0 saturated carbocycles. The molecule has 0 heterocycles. The molecule has 0 saturated heterocycles. The lowest BCUT2D eigenvalue weighted by molar-refractivity contribution is -0.00497. The first-order valence-electron chi connectivity index (χ1n) is 5.30. The minimum atomic E-state index is -0.347. The Labute approximate surface area is 109 Å². The second kappa shape index (κ2) is 5.41. The van der Waals surface area contributed by atoms with Crippen LogP contribution in [0.15, 0.2) is 54.6 Å². The van der Waals surface area contributed by atoms with Gasteiger partial charge in [0.25, 0.3) is 5.78 Å². The lowest BCUT2D eigenvalue weighted by Gasteiger charge is -1.97. The molecule has 0 fully saturated rings. The van der Waals surface area contributed by atoms with Gasteiger partial charge in [-0.25, -0.2) is 0 Å². The van der Waals surface area contributed by atoms with Crippen LogP contribution in [0.25, 0.3) is 5.53 Å². The van der Waals surface area contributed by atoms with Crippen molar-refractivity contribution in [3.05, 3.63) is 76.3 Å². The Kier molecular flexibility index (Phi) is 3.68. The van der Waals surface area contributed by atoms with Gasteiger partial charge in [-0.15, -0.1) is 0 Å². The van der Waals surface area contributed by atoms with Crippen LogP contribution in [-0.4, -0.2) is 16.3 Å². The van der Waals surface area contributed by atoms with Crippen molar-refractivity contribution in [2.75, 3.05) is 0 Å². The van der Waals surface area contributed by atoms with Crippen molar-refractivity contribution in [2.24, 2.45) is 0 Å². The molecule has 0 atom stereocenters. The molecule has 0 N–H and O–H groups in total. The van der Waals surface area contributed by atoms with Crippen LogP contribution in [0.5, 0.6) is 0 Å². The maximum atomic E-state index is 12.2. The standard InChI is InChI=1S/C14H9ClN2O/c15-12-8-6-11(7-9-12)14(18)13(17-16)10-4-2-1-3-5-10/h1-9H. The second-order valence-electron chi connectivity index (χ2n) is 3.65. The maximum absolute atomic E-state index is 12.2. The van der Waals surface area contributed by atoms with Gasteiger partial charge in [0.2, 0.25) is 0 Å². The molecule has 0 aliphatic heterocycles. The van der Waals surface area contributed by atoms with E-state index in [9.17, 15) is 4.79 Å². The van der Waals surface area contributed by atoms with Crippen LogP contribution >= 0.6 is 11.6 Å². The first-order valence-corrected chi connectivity index (χ1v) is 5.68. The van der Waals surface area contributed by atoms with Gasteiger partial charge in [0.05, 0.1) is 5.56 Å². The quantitative estimate of drug-likeness (QED) is 0.360. The molecule has 3 nitrogen and oxygen atoms in total. The number of benzene rings is 2. The molecule has 2 aromatic rings. The predicted octanol–water partition coefficient (Wildman–Crippen LogP) is 3.24. The van der Waals surface area contributed by atoms with Crippen molar-refractivity contribution in [3.63, 3.8) is 0 Å². The summed E-state index contributed by atoms with van der Waals surface area (Å²) in [6.07, 6.45) is 0. The van der Waals surface area contributed by atoms with E-state index in [-0.39, 0.29) is 11.5 Å². The molecule has 0 aliphatic carbocycles. The van der Waals surface area contributed by atoms with Crippen LogP contribution in [0.4, 0.5) is 0 Å². The van der Waals surface area contributed by atoms with Crippen molar-refractivity contribution in [1.82, 2.24) is 0 Å². The van der Waals surface area contributed by atoms with Crippen molar-refractivity contribution in [2.45, 2.75) is 0 Å². The lowest BCUT2D eigenvalue weighted by atomic mass is 10.0. The van der Waals surface area contributed by atoms with Crippen LogP contribution in [0, 0.1) is 0 Å². The smallest absolute Gasteiger partial charge is 0.361 e. The monoisotopic (exact) mass is 256 g/mol. The molecular formula is C14H9ClN2O. The number of halogens is 1. The van der Waals surface area contributed by atoms with E-state index in [1.54, 1.807) is 48.5 Å². The van der Waals surface area contributed by atoms with Gasteiger partial charge in [-0.05, 0) is 36.4 Å². The minimum Gasteiger partial charge on any atom is -0.361 e. The Morgan fingerprint density at radius 1 is 0.944 bits per heavy atom. The summed E-state index contributed by atoms with van der Waals surface area (Å²) in [4.78, 5) is 15.2. The molecule has 0 unspecified atom stereocenters. The number of rotatable bonds is 3. The topological polar surface area (TPSA) is 53.5 Å². The van der Waals surface area contributed by atoms with Gasteiger partial charge in [0.15, 0.2) is 0 Å². The SMILES string of the molecule is [N-]=[N+]=C(C(=O)c1ccc(Cl)cc1)c1ccccc1. The summed E-state index contributed by atoms with van der Waals surface area (Å²) in [6.45, 7) is 0. The molecule has 2 aromatic carbocycles. The lowest BCUT2D eigenvalue weighted by Crippen LogP contribution is -2.16. The van der Waals surface area contributed by atoms with Gasteiger partial charge in [-0.2, -0.15) is 4.79 Å². The first-order chi connectivity index (χ1) is 8.72. The van der Waals surface area contributed by atoms with Crippen LogP contribution in [0.1, 0.15) is 15.9 Å². The van der Waals surface area contributed by atoms with Crippen LogP contribution in [0.2, 0.25) is 5.02 Å². The zero-order chi connectivity index (χ0) is 13.0. The van der Waals surface area contributed by atoms with Crippen LogP contribution in [0.3, 0.4) is 0 Å². The van der Waals surface area contributed by atoms with E-state index in [1.165, 1.54) is 0 Å². The summed E-state index contributed by atoms with van der Waals surface area (Å²) >= 11 is 5.76. The van der Waals surface area contributed by atoms with Crippen LogP contribution < -0.4 is 0 Å². The number of nitrogens with zero attached hydrogens (tertiary/aromatic N) is 2. The van der Waals surface area contributed by atoms with Gasteiger partial charge in [0.1, 0.15) is 0 Å². The van der Waals surface area contributed by atoms with Gasteiger partial charge in [-0.1, -0.05) is 29.8 Å². The van der Waals surface area contributed by atoms with E-state index in [0.29, 0.717) is 16.1 Å².